The maximum absolute atomic E-state index is 11.7. The van der Waals surface area contributed by atoms with Gasteiger partial charge in [0.25, 0.3) is 0 Å². The maximum atomic E-state index is 11.7. The quantitative estimate of drug-likeness (QED) is 0.190. The molecule has 0 atom stereocenters. The van der Waals surface area contributed by atoms with Crippen molar-refractivity contribution in [2.75, 3.05) is 0 Å². The van der Waals surface area contributed by atoms with Crippen LogP contribution in [0.25, 0.3) is 0 Å². The summed E-state index contributed by atoms with van der Waals surface area (Å²) in [7, 11) is -3.48. The van der Waals surface area contributed by atoms with Crippen LogP contribution in [0, 0.1) is 0 Å². The predicted molar refractivity (Wildman–Crippen MR) is 160 cm³/mol. The number of aliphatic hydroxyl groups excluding tert-OH is 1. The van der Waals surface area contributed by atoms with Gasteiger partial charge in [-0.3, -0.25) is 0 Å². The highest BCUT2D eigenvalue weighted by Crippen LogP contribution is 2.73. The number of hydrogen-bond donors (Lipinski definition) is 1. The van der Waals surface area contributed by atoms with Crippen LogP contribution in [0.4, 0.5) is 0 Å². The first-order chi connectivity index (χ1) is 17.7. The Bertz CT molecular complexity index is 1280. The smallest absolute Gasteiger partial charge is 0.154 e. The van der Waals surface area contributed by atoms with E-state index in [4.69, 9.17) is 0 Å². The molecule has 1 N–H and O–H groups in total. The van der Waals surface area contributed by atoms with Gasteiger partial charge in [0.2, 0.25) is 0 Å². The van der Waals surface area contributed by atoms with Gasteiger partial charge in [0.05, 0.1) is 0 Å². The summed E-state index contributed by atoms with van der Waals surface area (Å²) in [5.41, 5.74) is 0. The Morgan fingerprint density at radius 1 is 0.472 bits per heavy atom. The second kappa shape index (κ2) is 11.0. The lowest BCUT2D eigenvalue weighted by atomic mass is 10.4. The zero-order valence-electron chi connectivity index (χ0n) is 20.3. The van der Waals surface area contributed by atoms with Gasteiger partial charge >= 0.3 is 0 Å². The highest BCUT2D eigenvalue weighted by atomic mass is 31.2. The molecule has 0 spiro atoms. The Hall–Kier alpha value is -3.50. The number of hydrogen-bond acceptors (Lipinski definition) is 1. The molecule has 0 aromatic heterocycles. The number of rotatable bonds is 7. The third-order valence-corrected chi connectivity index (χ3v) is 14.4. The van der Waals surface area contributed by atoms with Gasteiger partial charge in [-0.05, 0) is 53.9 Å². The molecule has 0 radical (unpaired) electrons. The minimum Gasteiger partial charge on any atom is -0.508 e. The highest BCUT2D eigenvalue weighted by molar-refractivity contribution is 8.08. The molecule has 5 rings (SSSR count). The lowest BCUT2D eigenvalue weighted by Gasteiger charge is -2.34. The van der Waals surface area contributed by atoms with E-state index in [1.807, 2.05) is 6.92 Å². The maximum Gasteiger partial charge on any atom is 0.154 e. The Kier molecular flexibility index (Phi) is 7.43. The van der Waals surface area contributed by atoms with Crippen molar-refractivity contribution >= 4 is 41.7 Å². The van der Waals surface area contributed by atoms with Gasteiger partial charge in [-0.1, -0.05) is 115 Å². The van der Waals surface area contributed by atoms with Crippen molar-refractivity contribution in [3.05, 3.63) is 162 Å². The summed E-state index contributed by atoms with van der Waals surface area (Å²) < 4.78 is 0. The fourth-order valence-corrected chi connectivity index (χ4v) is 13.8. The van der Waals surface area contributed by atoms with Gasteiger partial charge in [-0.15, -0.1) is 0 Å². The molecule has 0 aliphatic carbocycles. The molecule has 1 nitrogen and oxygen atoms in total. The average molecular weight is 504 g/mol. The molecule has 0 bridgehead atoms. The van der Waals surface area contributed by atoms with Crippen LogP contribution in [-0.4, -0.2) is 5.11 Å². The average Bonchev–Trinajstić information content (AvgIpc) is 2.95. The van der Waals surface area contributed by atoms with Crippen molar-refractivity contribution in [1.29, 1.82) is 0 Å². The van der Waals surface area contributed by atoms with E-state index in [1.54, 1.807) is 0 Å². The van der Waals surface area contributed by atoms with Crippen LogP contribution in [0.3, 0.4) is 0 Å². The van der Waals surface area contributed by atoms with Crippen molar-refractivity contribution in [1.82, 2.24) is 0 Å². The molecule has 5 aromatic carbocycles. The normalized spacial score (nSPS) is 12.3. The van der Waals surface area contributed by atoms with E-state index in [2.05, 4.69) is 152 Å². The molecular weight excluding hydrogens is 474 g/mol. The van der Waals surface area contributed by atoms with Crippen LogP contribution < -0.4 is 26.5 Å². The number of aliphatic hydroxyl groups is 1. The lowest BCUT2D eigenvalue weighted by Crippen LogP contribution is -2.34. The van der Waals surface area contributed by atoms with Crippen LogP contribution in [0.15, 0.2) is 162 Å². The predicted octanol–water partition coefficient (Wildman–Crippen LogP) is 6.86. The van der Waals surface area contributed by atoms with Gasteiger partial charge in [0.1, 0.15) is 28.9 Å². The standard InChI is InChI=1S/C33H28OP2/c1-27(34)33(35(28-17-7-2-8-18-28)29-19-9-3-10-20-29)36(30-21-11-4-12-22-30,31-23-13-5-14-24-31)32-25-15-6-16-26-32/h2-26H,1H3/p+1/b33-27-. The largest absolute Gasteiger partial charge is 0.508 e. The SMILES string of the molecule is C/C(O)=C(\P(c1ccccc1)c1ccccc1)[P+](c1ccccc1)(c1ccccc1)c1ccccc1. The van der Waals surface area contributed by atoms with Crippen molar-refractivity contribution in [3.63, 3.8) is 0 Å². The molecule has 0 aliphatic heterocycles. The van der Waals surface area contributed by atoms with Crippen LogP contribution in [0.1, 0.15) is 6.92 Å². The van der Waals surface area contributed by atoms with Gasteiger partial charge in [-0.25, -0.2) is 0 Å². The lowest BCUT2D eigenvalue weighted by molar-refractivity contribution is 0.414. The van der Waals surface area contributed by atoms with Gasteiger partial charge in [-0.2, -0.15) is 0 Å². The van der Waals surface area contributed by atoms with Gasteiger partial charge < -0.3 is 5.11 Å². The van der Waals surface area contributed by atoms with Crippen LogP contribution >= 0.6 is 15.2 Å². The molecule has 5 aromatic rings. The van der Waals surface area contributed by atoms with Crippen molar-refractivity contribution < 1.29 is 5.11 Å². The summed E-state index contributed by atoms with van der Waals surface area (Å²) in [4.78, 5) is 0. The molecule has 0 heterocycles. The minimum absolute atomic E-state index is 0.402. The summed E-state index contributed by atoms with van der Waals surface area (Å²) in [6, 6.07) is 53.7. The van der Waals surface area contributed by atoms with Crippen LogP contribution in [0.5, 0.6) is 0 Å². The molecule has 0 fully saturated rings. The van der Waals surface area contributed by atoms with E-state index >= 15 is 0 Å². The third-order valence-electron chi connectivity index (χ3n) is 6.31. The van der Waals surface area contributed by atoms with Crippen molar-refractivity contribution in [2.24, 2.45) is 0 Å². The summed E-state index contributed by atoms with van der Waals surface area (Å²) in [6.07, 6.45) is 0. The summed E-state index contributed by atoms with van der Waals surface area (Å²) in [6.45, 7) is 1.88. The first kappa shape index (κ1) is 24.2. The number of benzene rings is 5. The van der Waals surface area contributed by atoms with E-state index < -0.39 is 15.2 Å². The number of allylic oxidation sites excluding steroid dienone is 1. The first-order valence-electron chi connectivity index (χ1n) is 12.1. The topological polar surface area (TPSA) is 20.2 Å². The van der Waals surface area contributed by atoms with E-state index in [0.717, 1.165) is 5.06 Å². The molecule has 0 unspecified atom stereocenters. The minimum atomic E-state index is -2.45. The first-order valence-corrected chi connectivity index (χ1v) is 15.2. The molecule has 0 saturated heterocycles. The molecule has 0 amide bonds. The molecule has 176 valence electrons. The highest BCUT2D eigenvalue weighted by Gasteiger charge is 2.54. The Labute approximate surface area is 215 Å². The third kappa shape index (κ3) is 4.54. The monoisotopic (exact) mass is 503 g/mol. The molecule has 3 heteroatoms. The zero-order chi connectivity index (χ0) is 24.8. The molecule has 36 heavy (non-hydrogen) atoms. The van der Waals surface area contributed by atoms with Crippen LogP contribution in [-0.2, 0) is 0 Å². The Morgan fingerprint density at radius 3 is 1.03 bits per heavy atom. The summed E-state index contributed by atoms with van der Waals surface area (Å²) >= 11 is 0. The van der Waals surface area contributed by atoms with Gasteiger partial charge in [0.15, 0.2) is 5.06 Å². The van der Waals surface area contributed by atoms with Crippen LogP contribution in [0.2, 0.25) is 0 Å². The molecule has 0 saturated carbocycles. The van der Waals surface area contributed by atoms with E-state index in [0.29, 0.717) is 5.76 Å². The molecular formula is C33H29OP2+. The van der Waals surface area contributed by atoms with Gasteiger partial charge in [0, 0.05) is 7.92 Å². The Morgan fingerprint density at radius 2 is 0.750 bits per heavy atom. The van der Waals surface area contributed by atoms with Crippen molar-refractivity contribution in [3.8, 4) is 0 Å². The van der Waals surface area contributed by atoms with E-state index in [1.165, 1.54) is 26.5 Å². The fraction of sp³-hybridized carbons (Fsp3) is 0.0303. The van der Waals surface area contributed by atoms with E-state index in [-0.39, 0.29) is 0 Å². The second-order valence-corrected chi connectivity index (χ2v) is 14.4. The second-order valence-electron chi connectivity index (χ2n) is 8.59. The fourth-order valence-electron chi connectivity index (χ4n) is 4.87. The zero-order valence-corrected chi connectivity index (χ0v) is 22.1. The molecule has 0 aliphatic rings. The van der Waals surface area contributed by atoms with E-state index in [9.17, 15) is 5.11 Å². The van der Waals surface area contributed by atoms with Crippen molar-refractivity contribution in [2.45, 2.75) is 6.92 Å². The summed E-state index contributed by atoms with van der Waals surface area (Å²) in [5, 5.41) is 19.1. The summed E-state index contributed by atoms with van der Waals surface area (Å²) in [5.74, 6) is 0.402. The Balaban J connectivity index is 1.95.